The normalized spacial score (nSPS) is 10.6. The summed E-state index contributed by atoms with van der Waals surface area (Å²) in [7, 11) is 0. The molecular weight excluding hydrogens is 291 g/mol. The number of amides is 1. The third kappa shape index (κ3) is 5.44. The van der Waals surface area contributed by atoms with E-state index >= 15 is 0 Å². The summed E-state index contributed by atoms with van der Waals surface area (Å²) in [6, 6.07) is 4.09. The van der Waals surface area contributed by atoms with Crippen molar-refractivity contribution in [1.82, 2.24) is 4.90 Å². The van der Waals surface area contributed by atoms with Crippen LogP contribution >= 0.6 is 0 Å². The quantitative estimate of drug-likeness (QED) is 0.841. The van der Waals surface area contributed by atoms with Gasteiger partial charge in [-0.15, -0.1) is 19.6 Å². The monoisotopic (exact) mass is 301 g/mol. The molecule has 0 saturated carbocycles. The zero-order valence-corrected chi connectivity index (χ0v) is 10.6. The number of nitrogens with zero attached hydrogens (tertiary/aromatic N) is 1. The predicted molar refractivity (Wildman–Crippen MR) is 65.5 cm³/mol. The number of carboxylic acids is 1. The summed E-state index contributed by atoms with van der Waals surface area (Å²) in [5.74, 6) is -0.305. The van der Waals surface area contributed by atoms with Crippen molar-refractivity contribution in [3.8, 4) is 18.1 Å². The van der Waals surface area contributed by atoms with E-state index < -0.39 is 30.5 Å². The Labute approximate surface area is 117 Å². The number of alkyl halides is 3. The van der Waals surface area contributed by atoms with Gasteiger partial charge in [-0.3, -0.25) is 9.59 Å². The van der Waals surface area contributed by atoms with Gasteiger partial charge in [-0.05, 0) is 24.3 Å². The first-order valence-corrected chi connectivity index (χ1v) is 5.53. The minimum atomic E-state index is -4.83. The Morgan fingerprint density at radius 3 is 2.29 bits per heavy atom. The average molecular weight is 301 g/mol. The Bertz CT molecular complexity index is 560. The zero-order chi connectivity index (χ0) is 16.0. The van der Waals surface area contributed by atoms with Crippen molar-refractivity contribution in [2.24, 2.45) is 0 Å². The van der Waals surface area contributed by atoms with Gasteiger partial charge in [0.2, 0.25) is 0 Å². The lowest BCUT2D eigenvalue weighted by Gasteiger charge is -2.18. The van der Waals surface area contributed by atoms with Crippen LogP contribution < -0.4 is 4.74 Å². The summed E-state index contributed by atoms with van der Waals surface area (Å²) in [6.07, 6.45) is 0.204. The number of hydrogen-bond acceptors (Lipinski definition) is 3. The molecule has 1 aromatic carbocycles. The van der Waals surface area contributed by atoms with Crippen LogP contribution in [0.15, 0.2) is 24.3 Å². The fraction of sp³-hybridized carbons (Fsp3) is 0.231. The smallest absolute Gasteiger partial charge is 0.480 e. The van der Waals surface area contributed by atoms with Crippen molar-refractivity contribution >= 4 is 11.9 Å². The van der Waals surface area contributed by atoms with E-state index in [1.807, 2.05) is 0 Å². The third-order valence-corrected chi connectivity index (χ3v) is 2.23. The van der Waals surface area contributed by atoms with Crippen LogP contribution in [0.25, 0.3) is 0 Å². The summed E-state index contributed by atoms with van der Waals surface area (Å²) in [5, 5.41) is 8.67. The zero-order valence-electron chi connectivity index (χ0n) is 10.6. The molecule has 0 unspecified atom stereocenters. The molecule has 8 heteroatoms. The number of aliphatic carboxylic acids is 1. The lowest BCUT2D eigenvalue weighted by Crippen LogP contribution is -2.35. The largest absolute Gasteiger partial charge is 0.573 e. The first kappa shape index (κ1) is 16.4. The first-order chi connectivity index (χ1) is 9.73. The maximum Gasteiger partial charge on any atom is 0.573 e. The number of hydrogen-bond donors (Lipinski definition) is 1. The molecule has 1 rings (SSSR count). The topological polar surface area (TPSA) is 66.8 Å². The van der Waals surface area contributed by atoms with Gasteiger partial charge in [-0.25, -0.2) is 0 Å². The Kier molecular flexibility index (Phi) is 5.18. The number of carboxylic acid groups (broad SMARTS) is 1. The molecule has 1 N–H and O–H groups in total. The molecule has 0 aliphatic rings. The number of rotatable bonds is 5. The third-order valence-electron chi connectivity index (χ3n) is 2.23. The Hall–Kier alpha value is -2.69. The van der Waals surface area contributed by atoms with Crippen LogP contribution in [0.2, 0.25) is 0 Å². The number of terminal acetylenes is 1. The molecule has 1 amide bonds. The van der Waals surface area contributed by atoms with Crippen LogP contribution in [0, 0.1) is 12.3 Å². The summed E-state index contributed by atoms with van der Waals surface area (Å²) in [6.45, 7) is -0.838. The molecule has 0 aromatic heterocycles. The van der Waals surface area contributed by atoms with E-state index in [1.165, 1.54) is 0 Å². The maximum absolute atomic E-state index is 12.0. The molecule has 0 bridgehead atoms. The van der Waals surface area contributed by atoms with Gasteiger partial charge in [0.1, 0.15) is 12.3 Å². The summed E-state index contributed by atoms with van der Waals surface area (Å²) >= 11 is 0. The van der Waals surface area contributed by atoms with E-state index in [9.17, 15) is 22.8 Å². The van der Waals surface area contributed by atoms with Crippen LogP contribution in [0.3, 0.4) is 0 Å². The highest BCUT2D eigenvalue weighted by Gasteiger charge is 2.31. The van der Waals surface area contributed by atoms with Crippen LogP contribution in [-0.4, -0.2) is 41.3 Å². The highest BCUT2D eigenvalue weighted by Crippen LogP contribution is 2.23. The molecule has 0 fully saturated rings. The van der Waals surface area contributed by atoms with Gasteiger partial charge in [0, 0.05) is 5.56 Å². The van der Waals surface area contributed by atoms with Crippen molar-refractivity contribution in [3.63, 3.8) is 0 Å². The predicted octanol–water partition coefficient (Wildman–Crippen LogP) is 1.75. The molecule has 1 aromatic rings. The van der Waals surface area contributed by atoms with E-state index in [2.05, 4.69) is 10.7 Å². The Morgan fingerprint density at radius 2 is 1.86 bits per heavy atom. The minimum absolute atomic E-state index is 0.000949. The van der Waals surface area contributed by atoms with Crippen molar-refractivity contribution < 1.29 is 32.6 Å². The molecular formula is C13H10F3NO4. The highest BCUT2D eigenvalue weighted by molar-refractivity contribution is 5.96. The van der Waals surface area contributed by atoms with E-state index in [0.717, 1.165) is 29.2 Å². The molecule has 21 heavy (non-hydrogen) atoms. The molecule has 0 aliphatic heterocycles. The number of halogens is 3. The lowest BCUT2D eigenvalue weighted by atomic mass is 10.2. The standard InChI is InChI=1S/C13H10F3NO4/c1-2-7-17(8-11(18)19)12(20)9-3-5-10(6-4-9)21-13(14,15)16/h1,3-6H,7-8H2,(H,18,19). The first-order valence-electron chi connectivity index (χ1n) is 5.53. The average Bonchev–Trinajstić information content (AvgIpc) is 2.36. The van der Waals surface area contributed by atoms with Crippen molar-refractivity contribution in [1.29, 1.82) is 0 Å². The van der Waals surface area contributed by atoms with Crippen LogP contribution in [0.5, 0.6) is 5.75 Å². The number of carbonyl (C=O) groups excluding carboxylic acids is 1. The van der Waals surface area contributed by atoms with Crippen LogP contribution in [-0.2, 0) is 4.79 Å². The van der Waals surface area contributed by atoms with Gasteiger partial charge in [0.25, 0.3) is 5.91 Å². The lowest BCUT2D eigenvalue weighted by molar-refractivity contribution is -0.274. The highest BCUT2D eigenvalue weighted by atomic mass is 19.4. The minimum Gasteiger partial charge on any atom is -0.480 e. The van der Waals surface area contributed by atoms with Crippen LogP contribution in [0.1, 0.15) is 10.4 Å². The van der Waals surface area contributed by atoms with Crippen molar-refractivity contribution in [2.45, 2.75) is 6.36 Å². The summed E-state index contributed by atoms with van der Waals surface area (Å²) in [4.78, 5) is 23.5. The molecule has 0 heterocycles. The van der Waals surface area contributed by atoms with E-state index in [-0.39, 0.29) is 12.1 Å². The molecule has 0 radical (unpaired) electrons. The van der Waals surface area contributed by atoms with E-state index in [1.54, 1.807) is 0 Å². The number of ether oxygens (including phenoxy) is 1. The number of carbonyl (C=O) groups is 2. The van der Waals surface area contributed by atoms with Gasteiger partial charge in [-0.2, -0.15) is 0 Å². The summed E-state index contributed by atoms with van der Waals surface area (Å²) in [5.41, 5.74) is 0.000949. The Morgan fingerprint density at radius 1 is 1.29 bits per heavy atom. The maximum atomic E-state index is 12.0. The van der Waals surface area contributed by atoms with E-state index in [0.29, 0.717) is 0 Å². The second kappa shape index (κ2) is 6.65. The molecule has 0 aliphatic carbocycles. The Balaban J connectivity index is 2.86. The van der Waals surface area contributed by atoms with Gasteiger partial charge < -0.3 is 14.7 Å². The SMILES string of the molecule is C#CCN(CC(=O)O)C(=O)c1ccc(OC(F)(F)F)cc1. The van der Waals surface area contributed by atoms with Gasteiger partial charge in [-0.1, -0.05) is 5.92 Å². The molecule has 112 valence electrons. The second-order valence-electron chi connectivity index (χ2n) is 3.83. The van der Waals surface area contributed by atoms with Gasteiger partial charge in [0.05, 0.1) is 6.54 Å². The van der Waals surface area contributed by atoms with Gasteiger partial charge >= 0.3 is 12.3 Å². The molecule has 0 atom stereocenters. The van der Waals surface area contributed by atoms with E-state index in [4.69, 9.17) is 11.5 Å². The van der Waals surface area contributed by atoms with Crippen molar-refractivity contribution in [2.75, 3.05) is 13.1 Å². The van der Waals surface area contributed by atoms with Crippen LogP contribution in [0.4, 0.5) is 13.2 Å². The second-order valence-corrected chi connectivity index (χ2v) is 3.83. The molecule has 5 nitrogen and oxygen atoms in total. The number of benzene rings is 1. The fourth-order valence-electron chi connectivity index (χ4n) is 1.45. The molecule has 0 spiro atoms. The van der Waals surface area contributed by atoms with Crippen molar-refractivity contribution in [3.05, 3.63) is 29.8 Å². The molecule has 0 saturated heterocycles. The fourth-order valence-corrected chi connectivity index (χ4v) is 1.45. The van der Waals surface area contributed by atoms with Gasteiger partial charge in [0.15, 0.2) is 0 Å². The summed E-state index contributed by atoms with van der Waals surface area (Å²) < 4.78 is 39.6.